The highest BCUT2D eigenvalue weighted by Gasteiger charge is 2.17. The van der Waals surface area contributed by atoms with Gasteiger partial charge in [0.1, 0.15) is 6.17 Å². The van der Waals surface area contributed by atoms with Gasteiger partial charge in [-0.15, -0.1) is 0 Å². The van der Waals surface area contributed by atoms with Gasteiger partial charge in [0.25, 0.3) is 0 Å². The quantitative estimate of drug-likeness (QED) is 0.695. The first kappa shape index (κ1) is 11.9. The van der Waals surface area contributed by atoms with Crippen LogP contribution < -0.4 is 5.32 Å². The molecule has 0 aromatic carbocycles. The lowest BCUT2D eigenvalue weighted by atomic mass is 10.1. The predicted molar refractivity (Wildman–Crippen MR) is 52.2 cm³/mol. The third-order valence-corrected chi connectivity index (χ3v) is 2.15. The Balaban J connectivity index is 0.000000561. The Morgan fingerprint density at radius 1 is 1.50 bits per heavy atom. The summed E-state index contributed by atoms with van der Waals surface area (Å²) in [6, 6.07) is 0.468. The van der Waals surface area contributed by atoms with Gasteiger partial charge in [-0.25, -0.2) is 4.39 Å². The van der Waals surface area contributed by atoms with Crippen LogP contribution in [0.1, 0.15) is 46.5 Å². The molecule has 0 spiro atoms. The molecular weight excluding hydrogens is 153 g/mol. The molecule has 1 rings (SSSR count). The summed E-state index contributed by atoms with van der Waals surface area (Å²) in [7, 11) is 0. The van der Waals surface area contributed by atoms with Gasteiger partial charge in [0.05, 0.1) is 0 Å². The van der Waals surface area contributed by atoms with E-state index in [1.807, 2.05) is 20.8 Å². The second-order valence-electron chi connectivity index (χ2n) is 3.03. The maximum atomic E-state index is 12.7. The van der Waals surface area contributed by atoms with E-state index in [4.69, 9.17) is 0 Å². The molecule has 0 aromatic rings. The van der Waals surface area contributed by atoms with Crippen molar-refractivity contribution in [2.24, 2.45) is 0 Å². The number of rotatable bonds is 3. The Hall–Kier alpha value is -0.110. The molecule has 0 bridgehead atoms. The Morgan fingerprint density at radius 2 is 2.17 bits per heavy atom. The third-order valence-electron chi connectivity index (χ3n) is 2.15. The number of hydrogen-bond acceptors (Lipinski definition) is 1. The van der Waals surface area contributed by atoms with E-state index in [0.29, 0.717) is 12.5 Å². The van der Waals surface area contributed by atoms with Gasteiger partial charge in [-0.2, -0.15) is 0 Å². The molecule has 0 amide bonds. The van der Waals surface area contributed by atoms with Gasteiger partial charge in [-0.3, -0.25) is 0 Å². The van der Waals surface area contributed by atoms with Gasteiger partial charge in [-0.1, -0.05) is 20.8 Å². The van der Waals surface area contributed by atoms with E-state index in [1.165, 1.54) is 12.8 Å². The zero-order valence-electron chi connectivity index (χ0n) is 8.57. The van der Waals surface area contributed by atoms with E-state index < -0.39 is 6.17 Å². The van der Waals surface area contributed by atoms with E-state index in [-0.39, 0.29) is 0 Å². The van der Waals surface area contributed by atoms with Crippen LogP contribution in [0, 0.1) is 0 Å². The first-order valence-corrected chi connectivity index (χ1v) is 5.20. The van der Waals surface area contributed by atoms with Gasteiger partial charge in [0, 0.05) is 6.04 Å². The van der Waals surface area contributed by atoms with Crippen LogP contribution in [0.15, 0.2) is 0 Å². The molecular formula is C10H22FN. The average Bonchev–Trinajstić information content (AvgIpc) is 2.60. The summed E-state index contributed by atoms with van der Waals surface area (Å²) >= 11 is 0. The van der Waals surface area contributed by atoms with Crippen molar-refractivity contribution in [3.05, 3.63) is 0 Å². The van der Waals surface area contributed by atoms with Crippen molar-refractivity contribution in [2.75, 3.05) is 6.54 Å². The van der Waals surface area contributed by atoms with Crippen LogP contribution in [0.3, 0.4) is 0 Å². The highest BCUT2D eigenvalue weighted by Crippen LogP contribution is 2.14. The van der Waals surface area contributed by atoms with Crippen LogP contribution in [0.25, 0.3) is 0 Å². The molecule has 2 heteroatoms. The fourth-order valence-corrected chi connectivity index (χ4v) is 1.43. The number of nitrogens with one attached hydrogen (secondary N) is 1. The summed E-state index contributed by atoms with van der Waals surface area (Å²) in [4.78, 5) is 0. The second-order valence-corrected chi connectivity index (χ2v) is 3.03. The van der Waals surface area contributed by atoms with Crippen LogP contribution in [0.5, 0.6) is 0 Å². The van der Waals surface area contributed by atoms with Crippen LogP contribution >= 0.6 is 0 Å². The molecule has 1 saturated heterocycles. The minimum absolute atomic E-state index is 0.468. The molecule has 2 atom stereocenters. The molecule has 0 saturated carbocycles. The van der Waals surface area contributed by atoms with Gasteiger partial charge in [-0.05, 0) is 32.2 Å². The highest BCUT2D eigenvalue weighted by molar-refractivity contribution is 4.76. The van der Waals surface area contributed by atoms with E-state index in [0.717, 1.165) is 13.0 Å². The van der Waals surface area contributed by atoms with Gasteiger partial charge in [0.2, 0.25) is 0 Å². The maximum absolute atomic E-state index is 12.7. The Labute approximate surface area is 75.7 Å². The van der Waals surface area contributed by atoms with Crippen LogP contribution in [0.2, 0.25) is 0 Å². The third kappa shape index (κ3) is 4.70. The van der Waals surface area contributed by atoms with Crippen molar-refractivity contribution >= 4 is 0 Å². The minimum Gasteiger partial charge on any atom is -0.314 e. The van der Waals surface area contributed by atoms with Crippen LogP contribution in [-0.4, -0.2) is 18.8 Å². The van der Waals surface area contributed by atoms with Crippen LogP contribution in [-0.2, 0) is 0 Å². The van der Waals surface area contributed by atoms with E-state index in [9.17, 15) is 4.39 Å². The Kier molecular flexibility index (Phi) is 7.47. The molecule has 74 valence electrons. The predicted octanol–water partition coefficient (Wildman–Crippen LogP) is 2.90. The maximum Gasteiger partial charge on any atom is 0.101 e. The van der Waals surface area contributed by atoms with Crippen molar-refractivity contribution in [3.8, 4) is 0 Å². The van der Waals surface area contributed by atoms with Gasteiger partial charge in [0.15, 0.2) is 0 Å². The topological polar surface area (TPSA) is 12.0 Å². The number of alkyl halides is 1. The molecule has 1 nitrogen and oxygen atoms in total. The minimum atomic E-state index is -0.587. The number of halogens is 1. The molecule has 0 radical (unpaired) electrons. The molecule has 1 aliphatic rings. The van der Waals surface area contributed by atoms with Crippen LogP contribution in [0.4, 0.5) is 4.39 Å². The molecule has 0 aliphatic carbocycles. The second kappa shape index (κ2) is 7.53. The van der Waals surface area contributed by atoms with Crippen molar-refractivity contribution in [2.45, 2.75) is 58.7 Å². The fourth-order valence-electron chi connectivity index (χ4n) is 1.43. The SMILES string of the molecule is CC.CCC(F)CC1CCCN1. The fraction of sp³-hybridized carbons (Fsp3) is 1.00. The van der Waals surface area contributed by atoms with Crippen molar-refractivity contribution < 1.29 is 4.39 Å². The summed E-state index contributed by atoms with van der Waals surface area (Å²) < 4.78 is 12.7. The number of hydrogen-bond donors (Lipinski definition) is 1. The lowest BCUT2D eigenvalue weighted by Crippen LogP contribution is -2.24. The molecule has 1 N–H and O–H groups in total. The molecule has 0 aromatic heterocycles. The van der Waals surface area contributed by atoms with Crippen molar-refractivity contribution in [1.82, 2.24) is 5.32 Å². The zero-order valence-corrected chi connectivity index (χ0v) is 8.57. The smallest absolute Gasteiger partial charge is 0.101 e. The molecule has 1 heterocycles. The monoisotopic (exact) mass is 175 g/mol. The molecule has 1 fully saturated rings. The lowest BCUT2D eigenvalue weighted by Gasteiger charge is -2.11. The Bertz CT molecular complexity index is 89.8. The summed E-state index contributed by atoms with van der Waals surface area (Å²) in [5.41, 5.74) is 0. The van der Waals surface area contributed by atoms with E-state index in [1.54, 1.807) is 0 Å². The van der Waals surface area contributed by atoms with Gasteiger partial charge < -0.3 is 5.32 Å². The Morgan fingerprint density at radius 3 is 2.58 bits per heavy atom. The zero-order chi connectivity index (χ0) is 9.40. The first-order chi connectivity index (χ1) is 5.83. The molecule has 1 aliphatic heterocycles. The summed E-state index contributed by atoms with van der Waals surface area (Å²) in [6.07, 6.45) is 3.19. The molecule has 2 unspecified atom stereocenters. The largest absolute Gasteiger partial charge is 0.314 e. The summed E-state index contributed by atoms with van der Waals surface area (Å²) in [5, 5.41) is 3.28. The van der Waals surface area contributed by atoms with E-state index in [2.05, 4.69) is 5.32 Å². The van der Waals surface area contributed by atoms with Crippen molar-refractivity contribution in [3.63, 3.8) is 0 Å². The standard InChI is InChI=1S/C8H16FN.C2H6/c1-2-7(9)6-8-4-3-5-10-8;1-2/h7-8,10H,2-6H2,1H3;1-2H3. The van der Waals surface area contributed by atoms with Crippen molar-refractivity contribution in [1.29, 1.82) is 0 Å². The summed E-state index contributed by atoms with van der Waals surface area (Å²) in [5.74, 6) is 0. The normalized spacial score (nSPS) is 24.5. The average molecular weight is 175 g/mol. The summed E-state index contributed by atoms with van der Waals surface area (Å²) in [6.45, 7) is 6.99. The lowest BCUT2D eigenvalue weighted by molar-refractivity contribution is 0.279. The van der Waals surface area contributed by atoms with E-state index >= 15 is 0 Å². The first-order valence-electron chi connectivity index (χ1n) is 5.20. The highest BCUT2D eigenvalue weighted by atomic mass is 19.1. The molecule has 12 heavy (non-hydrogen) atoms. The van der Waals surface area contributed by atoms with Gasteiger partial charge >= 0.3 is 0 Å².